The Kier molecular flexibility index (Phi) is 6.34. The monoisotopic (exact) mass is 508 g/mol. The van der Waals surface area contributed by atoms with E-state index in [2.05, 4.69) is 15.1 Å². The summed E-state index contributed by atoms with van der Waals surface area (Å²) in [5.74, 6) is 0.424. The molecule has 5 aromatic rings. The van der Waals surface area contributed by atoms with Crippen molar-refractivity contribution in [1.82, 2.24) is 14.6 Å². The molecule has 38 heavy (non-hydrogen) atoms. The van der Waals surface area contributed by atoms with Gasteiger partial charge in [-0.25, -0.2) is 9.97 Å². The Morgan fingerprint density at radius 2 is 1.58 bits per heavy atom. The van der Waals surface area contributed by atoms with Crippen LogP contribution in [-0.2, 0) is 0 Å². The van der Waals surface area contributed by atoms with Crippen molar-refractivity contribution in [3.8, 4) is 23.0 Å². The third-order valence-electron chi connectivity index (χ3n) is 5.45. The van der Waals surface area contributed by atoms with Crippen molar-refractivity contribution < 1.29 is 14.6 Å². The van der Waals surface area contributed by atoms with E-state index in [9.17, 15) is 25.0 Å². The predicted octanol–water partition coefficient (Wildman–Crippen LogP) is 4.95. The van der Waals surface area contributed by atoms with Gasteiger partial charge in [-0.05, 0) is 18.2 Å². The standard InChI is InChI=1S/C26H16N6O6/c33-26-21-8-4-5-9-22(21)29-25(17-6-2-1-3-7-17)30(26)28-15-18-14-19(31(34)35)10-12-23(18)38-24-13-11-20(16-27-24)32(36)37/h1-16H. The lowest BCUT2D eigenvalue weighted by Gasteiger charge is -2.10. The van der Waals surface area contributed by atoms with E-state index in [4.69, 9.17) is 4.74 Å². The molecule has 0 aliphatic rings. The van der Waals surface area contributed by atoms with Crippen LogP contribution in [0.3, 0.4) is 0 Å². The van der Waals surface area contributed by atoms with E-state index in [0.29, 0.717) is 16.5 Å². The van der Waals surface area contributed by atoms with Crippen molar-refractivity contribution in [1.29, 1.82) is 0 Å². The summed E-state index contributed by atoms with van der Waals surface area (Å²) in [5.41, 5.74) is 0.403. The highest BCUT2D eigenvalue weighted by Crippen LogP contribution is 2.28. The first kappa shape index (κ1) is 23.9. The van der Waals surface area contributed by atoms with E-state index in [1.165, 1.54) is 36.5 Å². The van der Waals surface area contributed by atoms with E-state index in [0.717, 1.165) is 10.9 Å². The number of ether oxygens (including phenoxy) is 1. The van der Waals surface area contributed by atoms with E-state index in [1.807, 2.05) is 6.07 Å². The maximum absolute atomic E-state index is 13.4. The van der Waals surface area contributed by atoms with Crippen LogP contribution >= 0.6 is 0 Å². The van der Waals surface area contributed by atoms with Crippen molar-refractivity contribution in [2.24, 2.45) is 5.10 Å². The van der Waals surface area contributed by atoms with Gasteiger partial charge in [0.05, 0.1) is 27.0 Å². The number of hydrogen-bond acceptors (Lipinski definition) is 9. The summed E-state index contributed by atoms with van der Waals surface area (Å²) in [6.45, 7) is 0. The van der Waals surface area contributed by atoms with Crippen molar-refractivity contribution in [2.75, 3.05) is 0 Å². The van der Waals surface area contributed by atoms with E-state index in [1.54, 1.807) is 48.5 Å². The second-order valence-corrected chi connectivity index (χ2v) is 7.87. The molecule has 2 aromatic heterocycles. The van der Waals surface area contributed by atoms with Crippen molar-refractivity contribution in [3.63, 3.8) is 0 Å². The van der Waals surface area contributed by atoms with Crippen LogP contribution in [0.2, 0.25) is 0 Å². The molecule has 0 saturated carbocycles. The van der Waals surface area contributed by atoms with Crippen LogP contribution in [-0.4, -0.2) is 30.7 Å². The summed E-state index contributed by atoms with van der Waals surface area (Å²) >= 11 is 0. The number of nitro benzene ring substituents is 1. The first-order valence-corrected chi connectivity index (χ1v) is 11.1. The molecule has 3 aromatic carbocycles. The van der Waals surface area contributed by atoms with Gasteiger partial charge in [0, 0.05) is 35.4 Å². The first-order valence-electron chi connectivity index (χ1n) is 11.1. The second kappa shape index (κ2) is 10.1. The topological polar surface area (TPSA) is 156 Å². The van der Waals surface area contributed by atoms with E-state index < -0.39 is 15.4 Å². The van der Waals surface area contributed by atoms with Gasteiger partial charge in [-0.3, -0.25) is 25.0 Å². The second-order valence-electron chi connectivity index (χ2n) is 7.87. The average Bonchev–Trinajstić information content (AvgIpc) is 2.93. The number of benzene rings is 3. The van der Waals surface area contributed by atoms with Crippen LogP contribution in [0.15, 0.2) is 101 Å². The zero-order valence-electron chi connectivity index (χ0n) is 19.4. The summed E-state index contributed by atoms with van der Waals surface area (Å²) in [6, 6.07) is 22.2. The van der Waals surface area contributed by atoms with Crippen LogP contribution in [0.5, 0.6) is 11.6 Å². The van der Waals surface area contributed by atoms with Crippen LogP contribution < -0.4 is 10.3 Å². The lowest BCUT2D eigenvalue weighted by atomic mass is 10.2. The molecule has 0 radical (unpaired) electrons. The number of fused-ring (bicyclic) bond motifs is 1. The van der Waals surface area contributed by atoms with E-state index >= 15 is 0 Å². The molecule has 5 rings (SSSR count). The molecule has 0 amide bonds. The predicted molar refractivity (Wildman–Crippen MR) is 138 cm³/mol. The van der Waals surface area contributed by atoms with Crippen molar-refractivity contribution >= 4 is 28.5 Å². The minimum absolute atomic E-state index is 0.0219. The van der Waals surface area contributed by atoms with Gasteiger partial charge in [-0.1, -0.05) is 42.5 Å². The fourth-order valence-corrected chi connectivity index (χ4v) is 3.62. The van der Waals surface area contributed by atoms with Gasteiger partial charge < -0.3 is 4.74 Å². The molecule has 12 heteroatoms. The highest BCUT2D eigenvalue weighted by molar-refractivity contribution is 5.85. The third kappa shape index (κ3) is 4.81. The average molecular weight is 508 g/mol. The number of para-hydroxylation sites is 1. The van der Waals surface area contributed by atoms with Gasteiger partial charge >= 0.3 is 0 Å². The Hall–Kier alpha value is -5.78. The molecule has 0 saturated heterocycles. The Bertz CT molecular complexity index is 1770. The Morgan fingerprint density at radius 1 is 0.868 bits per heavy atom. The van der Waals surface area contributed by atoms with Gasteiger partial charge in [-0.2, -0.15) is 9.78 Å². The SMILES string of the molecule is O=c1c2ccccc2nc(-c2ccccc2)n1N=Cc1cc([N+](=O)[O-])ccc1Oc1ccc([N+](=O)[O-])cn1. The molecule has 0 fully saturated rings. The Balaban J connectivity index is 1.62. The summed E-state index contributed by atoms with van der Waals surface area (Å²) in [6.07, 6.45) is 2.28. The molecular weight excluding hydrogens is 492 g/mol. The number of pyridine rings is 1. The Morgan fingerprint density at radius 3 is 2.29 bits per heavy atom. The molecule has 0 aliphatic carbocycles. The molecule has 0 bridgehead atoms. The van der Waals surface area contributed by atoms with Gasteiger partial charge in [-0.15, -0.1) is 0 Å². The maximum atomic E-state index is 13.4. The zero-order valence-corrected chi connectivity index (χ0v) is 19.4. The molecule has 0 spiro atoms. The minimum Gasteiger partial charge on any atom is -0.438 e. The van der Waals surface area contributed by atoms with E-state index in [-0.39, 0.29) is 34.4 Å². The number of non-ortho nitro benzene ring substituents is 1. The van der Waals surface area contributed by atoms with Crippen molar-refractivity contribution in [3.05, 3.63) is 127 Å². The smallest absolute Gasteiger partial charge is 0.287 e. The summed E-state index contributed by atoms with van der Waals surface area (Å²) in [7, 11) is 0. The summed E-state index contributed by atoms with van der Waals surface area (Å²) in [5, 5.41) is 27.0. The number of nitrogens with zero attached hydrogens (tertiary/aromatic N) is 6. The third-order valence-corrected chi connectivity index (χ3v) is 5.45. The molecule has 0 atom stereocenters. The number of nitro groups is 2. The normalized spacial score (nSPS) is 11.1. The van der Waals surface area contributed by atoms with Crippen LogP contribution in [0, 0.1) is 20.2 Å². The van der Waals surface area contributed by atoms with Gasteiger partial charge in [0.15, 0.2) is 5.82 Å². The highest BCUT2D eigenvalue weighted by atomic mass is 16.6. The fourth-order valence-electron chi connectivity index (χ4n) is 3.62. The molecule has 0 aliphatic heterocycles. The molecule has 12 nitrogen and oxygen atoms in total. The highest BCUT2D eigenvalue weighted by Gasteiger charge is 2.15. The fraction of sp³-hybridized carbons (Fsp3) is 0. The number of hydrogen-bond donors (Lipinski definition) is 0. The lowest BCUT2D eigenvalue weighted by molar-refractivity contribution is -0.385. The van der Waals surface area contributed by atoms with Gasteiger partial charge in [0.25, 0.3) is 16.9 Å². The largest absolute Gasteiger partial charge is 0.438 e. The lowest BCUT2D eigenvalue weighted by Crippen LogP contribution is -2.20. The summed E-state index contributed by atoms with van der Waals surface area (Å²) in [4.78, 5) is 43.1. The van der Waals surface area contributed by atoms with Gasteiger partial charge in [0.2, 0.25) is 5.88 Å². The molecule has 0 unspecified atom stereocenters. The molecule has 0 N–H and O–H groups in total. The number of rotatable bonds is 7. The van der Waals surface area contributed by atoms with Crippen LogP contribution in [0.1, 0.15) is 5.56 Å². The van der Waals surface area contributed by atoms with Crippen LogP contribution in [0.25, 0.3) is 22.3 Å². The van der Waals surface area contributed by atoms with Crippen LogP contribution in [0.4, 0.5) is 11.4 Å². The number of aromatic nitrogens is 3. The molecule has 186 valence electrons. The summed E-state index contributed by atoms with van der Waals surface area (Å²) < 4.78 is 6.85. The minimum atomic E-state index is -0.597. The quantitative estimate of drug-likeness (QED) is 0.170. The van der Waals surface area contributed by atoms with Crippen molar-refractivity contribution in [2.45, 2.75) is 0 Å². The molecule has 2 heterocycles. The zero-order chi connectivity index (χ0) is 26.6. The molecular formula is C26H16N6O6. The van der Waals surface area contributed by atoms with Gasteiger partial charge in [0.1, 0.15) is 11.9 Å². The Labute approximate surface area is 213 Å². The first-order chi connectivity index (χ1) is 18.4. The maximum Gasteiger partial charge on any atom is 0.287 e.